The zero-order chi connectivity index (χ0) is 16.3. The van der Waals surface area contributed by atoms with Crippen molar-refractivity contribution in [1.29, 1.82) is 0 Å². The second kappa shape index (κ2) is 7.44. The molecule has 0 saturated carbocycles. The number of aromatic nitrogens is 2. The third-order valence-corrected chi connectivity index (χ3v) is 4.50. The van der Waals surface area contributed by atoms with Gasteiger partial charge in [0.05, 0.1) is 12.6 Å². The summed E-state index contributed by atoms with van der Waals surface area (Å²) in [6.07, 6.45) is 2.53. The van der Waals surface area contributed by atoms with Crippen LogP contribution in [0.1, 0.15) is 51.1 Å². The molecule has 22 heavy (non-hydrogen) atoms. The van der Waals surface area contributed by atoms with Crippen LogP contribution in [0.5, 0.6) is 0 Å². The van der Waals surface area contributed by atoms with E-state index >= 15 is 0 Å². The zero-order valence-electron chi connectivity index (χ0n) is 13.4. The molecule has 1 unspecified atom stereocenters. The highest BCUT2D eigenvalue weighted by Gasteiger charge is 2.26. The van der Waals surface area contributed by atoms with Crippen molar-refractivity contribution in [3.8, 4) is 0 Å². The van der Waals surface area contributed by atoms with Crippen LogP contribution in [0.3, 0.4) is 0 Å². The Hall–Kier alpha value is -1.11. The SMILES string of the molecule is CNC1CCN(C(=O)CC(O)c2ncc(Cl)n2C(C)C)CC1. The maximum Gasteiger partial charge on any atom is 0.225 e. The molecule has 1 aliphatic heterocycles. The minimum atomic E-state index is -0.926. The van der Waals surface area contributed by atoms with E-state index in [9.17, 15) is 9.90 Å². The van der Waals surface area contributed by atoms with Gasteiger partial charge in [0, 0.05) is 25.2 Å². The Morgan fingerprint density at radius 3 is 2.68 bits per heavy atom. The minimum absolute atomic E-state index is 0.0310. The van der Waals surface area contributed by atoms with E-state index < -0.39 is 6.10 Å². The molecule has 0 aromatic carbocycles. The molecule has 1 amide bonds. The molecule has 1 aliphatic rings. The lowest BCUT2D eigenvalue weighted by Gasteiger charge is -2.32. The van der Waals surface area contributed by atoms with Gasteiger partial charge in [0.1, 0.15) is 17.1 Å². The number of piperidine rings is 1. The van der Waals surface area contributed by atoms with Gasteiger partial charge < -0.3 is 19.9 Å². The highest BCUT2D eigenvalue weighted by Crippen LogP contribution is 2.25. The Morgan fingerprint density at radius 1 is 1.50 bits per heavy atom. The molecule has 2 N–H and O–H groups in total. The quantitative estimate of drug-likeness (QED) is 0.864. The predicted molar refractivity (Wildman–Crippen MR) is 85.9 cm³/mol. The molecule has 1 fully saturated rings. The summed E-state index contributed by atoms with van der Waals surface area (Å²) < 4.78 is 1.76. The van der Waals surface area contributed by atoms with Gasteiger partial charge in [-0.05, 0) is 33.7 Å². The molecule has 1 atom stereocenters. The molecule has 0 spiro atoms. The third kappa shape index (κ3) is 3.80. The Kier molecular flexibility index (Phi) is 5.83. The van der Waals surface area contributed by atoms with Gasteiger partial charge >= 0.3 is 0 Å². The fourth-order valence-electron chi connectivity index (χ4n) is 2.91. The van der Waals surface area contributed by atoms with Crippen LogP contribution in [0, 0.1) is 0 Å². The molecule has 1 aromatic heterocycles. The number of rotatable bonds is 5. The molecule has 6 nitrogen and oxygen atoms in total. The molecule has 0 bridgehead atoms. The number of carbonyl (C=O) groups is 1. The number of halogens is 1. The second-order valence-electron chi connectivity index (χ2n) is 6.07. The zero-order valence-corrected chi connectivity index (χ0v) is 14.2. The van der Waals surface area contributed by atoms with Crippen LogP contribution < -0.4 is 5.32 Å². The Morgan fingerprint density at radius 2 is 2.14 bits per heavy atom. The first-order chi connectivity index (χ1) is 10.4. The number of imidazole rings is 1. The van der Waals surface area contributed by atoms with Crippen LogP contribution in [0.4, 0.5) is 0 Å². The maximum atomic E-state index is 12.3. The number of amides is 1. The van der Waals surface area contributed by atoms with Gasteiger partial charge in [-0.15, -0.1) is 0 Å². The summed E-state index contributed by atoms with van der Waals surface area (Å²) in [6, 6.07) is 0.564. The number of nitrogens with one attached hydrogen (secondary N) is 1. The Labute approximate surface area is 136 Å². The predicted octanol–water partition coefficient (Wildman–Crippen LogP) is 1.75. The largest absolute Gasteiger partial charge is 0.385 e. The topological polar surface area (TPSA) is 70.4 Å². The summed E-state index contributed by atoms with van der Waals surface area (Å²) in [5.41, 5.74) is 0. The summed E-state index contributed by atoms with van der Waals surface area (Å²) in [4.78, 5) is 18.3. The third-order valence-electron chi connectivity index (χ3n) is 4.22. The lowest BCUT2D eigenvalue weighted by atomic mass is 10.0. The first kappa shape index (κ1) is 17.2. The summed E-state index contributed by atoms with van der Waals surface area (Å²) in [7, 11) is 1.95. The number of likely N-dealkylation sites (tertiary alicyclic amines) is 1. The van der Waals surface area contributed by atoms with Gasteiger partial charge in [-0.25, -0.2) is 4.98 Å². The van der Waals surface area contributed by atoms with Gasteiger partial charge in [-0.3, -0.25) is 4.79 Å². The first-order valence-corrected chi connectivity index (χ1v) is 8.17. The van der Waals surface area contributed by atoms with E-state index in [4.69, 9.17) is 11.6 Å². The van der Waals surface area contributed by atoms with Crippen LogP contribution in [0.25, 0.3) is 0 Å². The molecule has 124 valence electrons. The smallest absolute Gasteiger partial charge is 0.225 e. The van der Waals surface area contributed by atoms with Gasteiger partial charge in [-0.1, -0.05) is 11.6 Å². The van der Waals surface area contributed by atoms with E-state index in [1.807, 2.05) is 25.8 Å². The van der Waals surface area contributed by atoms with Crippen molar-refractivity contribution in [3.05, 3.63) is 17.2 Å². The molecule has 0 aliphatic carbocycles. The van der Waals surface area contributed by atoms with E-state index in [2.05, 4.69) is 10.3 Å². The molecular weight excluding hydrogens is 304 g/mol. The number of hydrogen-bond acceptors (Lipinski definition) is 4. The van der Waals surface area contributed by atoms with Crippen LogP contribution in [-0.2, 0) is 4.79 Å². The summed E-state index contributed by atoms with van der Waals surface area (Å²) >= 11 is 6.09. The number of hydrogen-bond donors (Lipinski definition) is 2. The lowest BCUT2D eigenvalue weighted by molar-refractivity contribution is -0.134. The van der Waals surface area contributed by atoms with Crippen molar-refractivity contribution in [2.75, 3.05) is 20.1 Å². The molecule has 0 radical (unpaired) electrons. The van der Waals surface area contributed by atoms with E-state index in [0.717, 1.165) is 25.9 Å². The molecule has 2 rings (SSSR count). The van der Waals surface area contributed by atoms with Gasteiger partial charge in [0.2, 0.25) is 5.91 Å². The maximum absolute atomic E-state index is 12.3. The fraction of sp³-hybridized carbons (Fsp3) is 0.733. The fourth-order valence-corrected chi connectivity index (χ4v) is 3.24. The van der Waals surface area contributed by atoms with Crippen LogP contribution in [0.15, 0.2) is 6.20 Å². The highest BCUT2D eigenvalue weighted by molar-refractivity contribution is 6.29. The molecule has 1 saturated heterocycles. The highest BCUT2D eigenvalue weighted by atomic mass is 35.5. The molecule has 7 heteroatoms. The van der Waals surface area contributed by atoms with E-state index in [1.165, 1.54) is 6.20 Å². The van der Waals surface area contributed by atoms with Gasteiger partial charge in [0.15, 0.2) is 0 Å². The van der Waals surface area contributed by atoms with Crippen molar-refractivity contribution in [3.63, 3.8) is 0 Å². The normalized spacial score (nSPS) is 18.0. The van der Waals surface area contributed by atoms with Crippen molar-refractivity contribution in [1.82, 2.24) is 19.8 Å². The van der Waals surface area contributed by atoms with Crippen LogP contribution >= 0.6 is 11.6 Å². The van der Waals surface area contributed by atoms with Crippen molar-refractivity contribution >= 4 is 17.5 Å². The lowest BCUT2D eigenvalue weighted by Crippen LogP contribution is -2.44. The Balaban J connectivity index is 1.97. The summed E-state index contributed by atoms with van der Waals surface area (Å²) in [6.45, 7) is 5.40. The van der Waals surface area contributed by atoms with E-state index in [0.29, 0.717) is 17.0 Å². The van der Waals surface area contributed by atoms with E-state index in [1.54, 1.807) is 4.57 Å². The molecule has 2 heterocycles. The van der Waals surface area contributed by atoms with Gasteiger partial charge in [-0.2, -0.15) is 0 Å². The van der Waals surface area contributed by atoms with Crippen LogP contribution in [-0.4, -0.2) is 51.6 Å². The summed E-state index contributed by atoms with van der Waals surface area (Å²) in [5.74, 6) is 0.426. The summed E-state index contributed by atoms with van der Waals surface area (Å²) in [5, 5.41) is 14.1. The number of aliphatic hydroxyl groups is 1. The van der Waals surface area contributed by atoms with Gasteiger partial charge in [0.25, 0.3) is 0 Å². The van der Waals surface area contributed by atoms with Crippen molar-refractivity contribution in [2.24, 2.45) is 0 Å². The molecular formula is C15H25ClN4O2. The minimum Gasteiger partial charge on any atom is -0.385 e. The molecule has 1 aromatic rings. The average Bonchev–Trinajstić information content (AvgIpc) is 2.89. The monoisotopic (exact) mass is 328 g/mol. The Bertz CT molecular complexity index is 510. The first-order valence-electron chi connectivity index (χ1n) is 7.79. The van der Waals surface area contributed by atoms with Crippen LogP contribution in [0.2, 0.25) is 5.15 Å². The second-order valence-corrected chi connectivity index (χ2v) is 6.45. The van der Waals surface area contributed by atoms with E-state index in [-0.39, 0.29) is 18.4 Å². The van der Waals surface area contributed by atoms with Crippen molar-refractivity contribution in [2.45, 2.75) is 51.3 Å². The number of aliphatic hydroxyl groups excluding tert-OH is 1. The number of nitrogens with zero attached hydrogens (tertiary/aromatic N) is 3. The standard InChI is InChI=1S/C15H25ClN4O2/c1-10(2)20-13(16)9-18-15(20)12(21)8-14(22)19-6-4-11(17-3)5-7-19/h9-12,17,21H,4-8H2,1-3H3. The average molecular weight is 329 g/mol. The number of carbonyl (C=O) groups excluding carboxylic acids is 1. The van der Waals surface area contributed by atoms with Crippen molar-refractivity contribution < 1.29 is 9.90 Å².